The lowest BCUT2D eigenvalue weighted by atomic mass is 9.99. The monoisotopic (exact) mass is 263 g/mol. The van der Waals surface area contributed by atoms with Crippen molar-refractivity contribution in [1.82, 2.24) is 4.98 Å². The van der Waals surface area contributed by atoms with E-state index in [0.29, 0.717) is 5.92 Å². The maximum Gasteiger partial charge on any atom is 0.0303 e. The second-order valence-electron chi connectivity index (χ2n) is 5.37. The number of pyridine rings is 1. The van der Waals surface area contributed by atoms with Crippen LogP contribution in [0.15, 0.2) is 61.4 Å². The van der Waals surface area contributed by atoms with Crippen molar-refractivity contribution in [2.24, 2.45) is 5.92 Å². The minimum atomic E-state index is 0.579. The van der Waals surface area contributed by atoms with Crippen LogP contribution in [0.25, 0.3) is 11.6 Å². The fraction of sp³-hybridized carbons (Fsp3) is 0.211. The zero-order chi connectivity index (χ0) is 14.4. The molecule has 2 aromatic rings. The normalized spacial score (nSPS) is 11.2. The molecule has 0 fully saturated rings. The minimum absolute atomic E-state index is 0.579. The molecule has 1 aromatic carbocycles. The highest BCUT2D eigenvalue weighted by molar-refractivity contribution is 5.67. The van der Waals surface area contributed by atoms with Crippen molar-refractivity contribution in [2.75, 3.05) is 0 Å². The molecular formula is C19H21N. The molecule has 0 amide bonds. The Balaban J connectivity index is 2.04. The third kappa shape index (κ3) is 4.20. The zero-order valence-electron chi connectivity index (χ0n) is 12.2. The first-order valence-corrected chi connectivity index (χ1v) is 7.00. The summed E-state index contributed by atoms with van der Waals surface area (Å²) >= 11 is 0. The molecule has 1 heteroatoms. The van der Waals surface area contributed by atoms with E-state index in [0.717, 1.165) is 12.0 Å². The molecule has 0 saturated heterocycles. The van der Waals surface area contributed by atoms with Crippen LogP contribution in [-0.4, -0.2) is 4.98 Å². The third-order valence-electron chi connectivity index (χ3n) is 3.13. The Morgan fingerprint density at radius 2 is 1.95 bits per heavy atom. The Morgan fingerprint density at radius 3 is 2.55 bits per heavy atom. The molecule has 102 valence electrons. The number of allylic oxidation sites excluding steroid dienone is 2. The fourth-order valence-corrected chi connectivity index (χ4v) is 1.98. The van der Waals surface area contributed by atoms with Crippen molar-refractivity contribution >= 4 is 11.6 Å². The maximum absolute atomic E-state index is 4.18. The van der Waals surface area contributed by atoms with Gasteiger partial charge in [0.1, 0.15) is 0 Å². The van der Waals surface area contributed by atoms with Gasteiger partial charge < -0.3 is 0 Å². The summed E-state index contributed by atoms with van der Waals surface area (Å²) in [6.07, 6.45) is 8.90. The van der Waals surface area contributed by atoms with Crippen molar-refractivity contribution in [3.05, 3.63) is 78.1 Å². The van der Waals surface area contributed by atoms with Gasteiger partial charge in [0.2, 0.25) is 0 Å². The third-order valence-corrected chi connectivity index (χ3v) is 3.13. The summed E-state index contributed by atoms with van der Waals surface area (Å²) in [5.41, 5.74) is 4.74. The average molecular weight is 263 g/mol. The standard InChI is InChI=1S/C19H21N/c1-15(2)6-7-17-8-10-19(11-9-17)16(3)13-18-5-4-12-20-14-18/h4-12,14-15H,3,13H2,1-2H3/b7-6+. The van der Waals surface area contributed by atoms with Gasteiger partial charge in [-0.15, -0.1) is 0 Å². The van der Waals surface area contributed by atoms with Gasteiger partial charge in [-0.05, 0) is 40.7 Å². The van der Waals surface area contributed by atoms with Crippen LogP contribution in [-0.2, 0) is 6.42 Å². The van der Waals surface area contributed by atoms with Gasteiger partial charge in [0.05, 0.1) is 0 Å². The molecule has 0 aliphatic rings. The largest absolute Gasteiger partial charge is 0.264 e. The zero-order valence-corrected chi connectivity index (χ0v) is 12.2. The van der Waals surface area contributed by atoms with Crippen molar-refractivity contribution in [3.63, 3.8) is 0 Å². The number of aromatic nitrogens is 1. The van der Waals surface area contributed by atoms with Crippen LogP contribution < -0.4 is 0 Å². The highest BCUT2D eigenvalue weighted by Gasteiger charge is 2.01. The molecule has 1 aromatic heterocycles. The van der Waals surface area contributed by atoms with Gasteiger partial charge in [-0.25, -0.2) is 0 Å². The summed E-state index contributed by atoms with van der Waals surface area (Å²) < 4.78 is 0. The number of nitrogens with zero attached hydrogens (tertiary/aromatic N) is 1. The number of hydrogen-bond acceptors (Lipinski definition) is 1. The summed E-state index contributed by atoms with van der Waals surface area (Å²) in [7, 11) is 0. The van der Waals surface area contributed by atoms with E-state index in [9.17, 15) is 0 Å². The molecule has 0 unspecified atom stereocenters. The maximum atomic E-state index is 4.18. The van der Waals surface area contributed by atoms with Crippen molar-refractivity contribution < 1.29 is 0 Å². The van der Waals surface area contributed by atoms with Gasteiger partial charge in [-0.3, -0.25) is 4.98 Å². The molecule has 20 heavy (non-hydrogen) atoms. The van der Waals surface area contributed by atoms with Gasteiger partial charge in [-0.1, -0.05) is 62.9 Å². The Morgan fingerprint density at radius 1 is 1.20 bits per heavy atom. The molecule has 0 saturated carbocycles. The minimum Gasteiger partial charge on any atom is -0.264 e. The summed E-state index contributed by atoms with van der Waals surface area (Å²) in [5, 5.41) is 0. The smallest absolute Gasteiger partial charge is 0.0303 e. The molecule has 0 bridgehead atoms. The highest BCUT2D eigenvalue weighted by Crippen LogP contribution is 2.18. The van der Waals surface area contributed by atoms with E-state index in [2.05, 4.69) is 67.9 Å². The molecule has 2 rings (SSSR count). The van der Waals surface area contributed by atoms with E-state index >= 15 is 0 Å². The first kappa shape index (κ1) is 14.3. The van der Waals surface area contributed by atoms with E-state index in [1.807, 2.05) is 12.3 Å². The number of benzene rings is 1. The van der Waals surface area contributed by atoms with Crippen LogP contribution in [0.3, 0.4) is 0 Å². The van der Waals surface area contributed by atoms with Crippen LogP contribution in [0.1, 0.15) is 30.5 Å². The molecule has 0 spiro atoms. The second kappa shape index (κ2) is 6.85. The lowest BCUT2D eigenvalue weighted by Crippen LogP contribution is -1.90. The highest BCUT2D eigenvalue weighted by atomic mass is 14.6. The van der Waals surface area contributed by atoms with Gasteiger partial charge in [0.25, 0.3) is 0 Å². The fourth-order valence-electron chi connectivity index (χ4n) is 1.98. The van der Waals surface area contributed by atoms with E-state index in [4.69, 9.17) is 0 Å². The first-order valence-electron chi connectivity index (χ1n) is 7.00. The van der Waals surface area contributed by atoms with Crippen LogP contribution >= 0.6 is 0 Å². The molecule has 1 heterocycles. The van der Waals surface area contributed by atoms with Crippen LogP contribution in [0, 0.1) is 5.92 Å². The molecule has 0 radical (unpaired) electrons. The lowest BCUT2D eigenvalue weighted by molar-refractivity contribution is 0.836. The summed E-state index contributed by atoms with van der Waals surface area (Å²) in [4.78, 5) is 4.14. The Kier molecular flexibility index (Phi) is 4.89. The number of rotatable bonds is 5. The Hall–Kier alpha value is -2.15. The lowest BCUT2D eigenvalue weighted by Gasteiger charge is -2.06. The predicted molar refractivity (Wildman–Crippen MR) is 87.3 cm³/mol. The van der Waals surface area contributed by atoms with Crippen LogP contribution in [0.4, 0.5) is 0 Å². The number of hydrogen-bond donors (Lipinski definition) is 0. The van der Waals surface area contributed by atoms with Crippen molar-refractivity contribution in [1.29, 1.82) is 0 Å². The molecule has 1 nitrogen and oxygen atoms in total. The van der Waals surface area contributed by atoms with E-state index in [1.165, 1.54) is 16.7 Å². The Labute approximate surface area is 121 Å². The second-order valence-corrected chi connectivity index (χ2v) is 5.37. The molecule has 0 N–H and O–H groups in total. The molecule has 0 aliphatic heterocycles. The van der Waals surface area contributed by atoms with Crippen LogP contribution in [0.2, 0.25) is 0 Å². The topological polar surface area (TPSA) is 12.9 Å². The average Bonchev–Trinajstić information content (AvgIpc) is 2.46. The van der Waals surface area contributed by atoms with Crippen molar-refractivity contribution in [3.8, 4) is 0 Å². The summed E-state index contributed by atoms with van der Waals surface area (Å²) in [5.74, 6) is 0.579. The van der Waals surface area contributed by atoms with Gasteiger partial charge in [0, 0.05) is 12.4 Å². The molecular weight excluding hydrogens is 242 g/mol. The molecule has 0 atom stereocenters. The van der Waals surface area contributed by atoms with E-state index < -0.39 is 0 Å². The van der Waals surface area contributed by atoms with E-state index in [-0.39, 0.29) is 0 Å². The molecule has 0 aliphatic carbocycles. The SMILES string of the molecule is C=C(Cc1cccnc1)c1ccc(/C=C/C(C)C)cc1. The van der Waals surface area contributed by atoms with Gasteiger partial charge in [-0.2, -0.15) is 0 Å². The quantitative estimate of drug-likeness (QED) is 0.739. The summed E-state index contributed by atoms with van der Waals surface area (Å²) in [6.45, 7) is 8.54. The Bertz CT molecular complexity index is 577. The van der Waals surface area contributed by atoms with E-state index in [1.54, 1.807) is 6.20 Å². The predicted octanol–water partition coefficient (Wildman–Crippen LogP) is 5.01. The summed E-state index contributed by atoms with van der Waals surface area (Å²) in [6, 6.07) is 12.6. The van der Waals surface area contributed by atoms with Gasteiger partial charge >= 0.3 is 0 Å². The first-order chi connectivity index (χ1) is 9.65. The van der Waals surface area contributed by atoms with Gasteiger partial charge in [0.15, 0.2) is 0 Å². The van der Waals surface area contributed by atoms with Crippen LogP contribution in [0.5, 0.6) is 0 Å². The van der Waals surface area contributed by atoms with Crippen molar-refractivity contribution in [2.45, 2.75) is 20.3 Å².